The van der Waals surface area contributed by atoms with E-state index in [4.69, 9.17) is 23.7 Å². The molecule has 41 heavy (non-hydrogen) atoms. The summed E-state index contributed by atoms with van der Waals surface area (Å²) in [6.07, 6.45) is 2.21. The second-order valence-corrected chi connectivity index (χ2v) is 8.59. The molecule has 14 heteroatoms. The van der Waals surface area contributed by atoms with Crippen LogP contribution < -0.4 is 10.6 Å². The first-order valence-electron chi connectivity index (χ1n) is 13.4. The average molecular weight is 579 g/mol. The van der Waals surface area contributed by atoms with Crippen LogP contribution in [0.15, 0.2) is 42.5 Å². The second-order valence-electron chi connectivity index (χ2n) is 8.59. The molecule has 0 aliphatic carbocycles. The minimum atomic E-state index is -0.685. The maximum Gasteiger partial charge on any atom is 0.338 e. The Balaban J connectivity index is 1.39. The molecule has 0 aliphatic rings. The highest BCUT2D eigenvalue weighted by Gasteiger charge is 2.19. The van der Waals surface area contributed by atoms with Gasteiger partial charge in [-0.2, -0.15) is 0 Å². The number of nitrogens with zero attached hydrogens (tertiary/aromatic N) is 2. The van der Waals surface area contributed by atoms with Crippen LogP contribution in [0.5, 0.6) is 0 Å². The molecule has 0 unspecified atom stereocenters. The van der Waals surface area contributed by atoms with Crippen molar-refractivity contribution in [3.8, 4) is 0 Å². The van der Waals surface area contributed by atoms with Crippen LogP contribution in [0.3, 0.4) is 0 Å². The van der Waals surface area contributed by atoms with Crippen LogP contribution in [0.1, 0.15) is 30.1 Å². The second kappa shape index (κ2) is 20.1. The highest BCUT2D eigenvalue weighted by atomic mass is 16.6. The van der Waals surface area contributed by atoms with Crippen molar-refractivity contribution in [1.29, 1.82) is 0 Å². The van der Waals surface area contributed by atoms with E-state index in [-0.39, 0.29) is 43.4 Å². The van der Waals surface area contributed by atoms with Gasteiger partial charge in [-0.15, -0.1) is 0 Å². The number of benzene rings is 2. The third kappa shape index (κ3) is 13.9. The van der Waals surface area contributed by atoms with Crippen molar-refractivity contribution < 1.29 is 38.3 Å². The Morgan fingerprint density at radius 1 is 0.732 bits per heavy atom. The lowest BCUT2D eigenvalue weighted by Crippen LogP contribution is -2.15. The first kappa shape index (κ1) is 33.4. The number of nitro benzene ring substituents is 2. The zero-order valence-electron chi connectivity index (χ0n) is 23.2. The van der Waals surface area contributed by atoms with Gasteiger partial charge in [-0.3, -0.25) is 20.2 Å². The van der Waals surface area contributed by atoms with Crippen LogP contribution in [0, 0.1) is 20.2 Å². The number of non-ortho nitro benzene ring substituents is 1. The number of carbonyl (C=O) groups is 1. The van der Waals surface area contributed by atoms with E-state index in [1.54, 1.807) is 12.1 Å². The van der Waals surface area contributed by atoms with Gasteiger partial charge in [0.2, 0.25) is 0 Å². The highest BCUT2D eigenvalue weighted by molar-refractivity contribution is 5.89. The summed E-state index contributed by atoms with van der Waals surface area (Å²) in [6.45, 7) is 6.17. The van der Waals surface area contributed by atoms with Crippen molar-refractivity contribution in [2.45, 2.75) is 19.8 Å². The lowest BCUT2D eigenvalue weighted by molar-refractivity contribution is -0.393. The Morgan fingerprint density at radius 3 is 1.88 bits per heavy atom. The maximum atomic E-state index is 12.1. The van der Waals surface area contributed by atoms with Crippen molar-refractivity contribution in [2.75, 3.05) is 83.2 Å². The minimum Gasteiger partial charge on any atom is -0.460 e. The number of esters is 1. The van der Waals surface area contributed by atoms with Crippen molar-refractivity contribution in [2.24, 2.45) is 0 Å². The molecule has 0 amide bonds. The fourth-order valence-corrected chi connectivity index (χ4v) is 3.36. The molecule has 0 saturated carbocycles. The number of unbranched alkanes of at least 4 members (excludes halogenated alkanes) is 1. The van der Waals surface area contributed by atoms with E-state index in [2.05, 4.69) is 17.6 Å². The summed E-state index contributed by atoms with van der Waals surface area (Å²) in [7, 11) is 0. The summed E-state index contributed by atoms with van der Waals surface area (Å²) in [5.74, 6) is -0.393. The third-order valence-corrected chi connectivity index (χ3v) is 5.51. The number of carbonyl (C=O) groups excluding carboxylic acids is 1. The molecule has 0 bridgehead atoms. The van der Waals surface area contributed by atoms with E-state index < -0.39 is 15.8 Å². The summed E-state index contributed by atoms with van der Waals surface area (Å²) in [4.78, 5) is 32.6. The van der Waals surface area contributed by atoms with Gasteiger partial charge in [0, 0.05) is 24.8 Å². The first-order chi connectivity index (χ1) is 19.9. The molecule has 2 aromatic carbocycles. The van der Waals surface area contributed by atoms with Gasteiger partial charge in [-0.05, 0) is 36.8 Å². The molecule has 0 spiro atoms. The van der Waals surface area contributed by atoms with Gasteiger partial charge in [0.15, 0.2) is 0 Å². The third-order valence-electron chi connectivity index (χ3n) is 5.51. The van der Waals surface area contributed by atoms with E-state index in [0.717, 1.165) is 31.1 Å². The summed E-state index contributed by atoms with van der Waals surface area (Å²) >= 11 is 0. The van der Waals surface area contributed by atoms with Crippen LogP contribution in [0.4, 0.5) is 22.7 Å². The largest absolute Gasteiger partial charge is 0.460 e. The summed E-state index contributed by atoms with van der Waals surface area (Å²) in [6, 6.07) is 10.6. The van der Waals surface area contributed by atoms with Crippen LogP contribution in [-0.4, -0.2) is 88.4 Å². The molecule has 0 heterocycles. The van der Waals surface area contributed by atoms with E-state index >= 15 is 0 Å². The fourth-order valence-electron chi connectivity index (χ4n) is 3.36. The summed E-state index contributed by atoms with van der Waals surface area (Å²) in [5.41, 5.74) is 0.923. The molecule has 2 rings (SSSR count). The molecular weight excluding hydrogens is 540 g/mol. The quantitative estimate of drug-likeness (QED) is 0.0839. The van der Waals surface area contributed by atoms with Crippen molar-refractivity contribution in [3.63, 3.8) is 0 Å². The molecule has 2 aromatic rings. The van der Waals surface area contributed by atoms with Crippen LogP contribution >= 0.6 is 0 Å². The van der Waals surface area contributed by atoms with Crippen molar-refractivity contribution in [3.05, 3.63) is 68.3 Å². The van der Waals surface area contributed by atoms with Gasteiger partial charge in [0.1, 0.15) is 12.3 Å². The number of nitro groups is 2. The molecular formula is C27H38N4O10. The summed E-state index contributed by atoms with van der Waals surface area (Å²) in [5, 5.41) is 28.0. The van der Waals surface area contributed by atoms with Crippen molar-refractivity contribution in [1.82, 2.24) is 0 Å². The van der Waals surface area contributed by atoms with Gasteiger partial charge < -0.3 is 34.3 Å². The van der Waals surface area contributed by atoms with Gasteiger partial charge in [0.05, 0.1) is 74.3 Å². The van der Waals surface area contributed by atoms with Gasteiger partial charge >= 0.3 is 5.97 Å². The van der Waals surface area contributed by atoms with E-state index in [0.29, 0.717) is 45.2 Å². The first-order valence-corrected chi connectivity index (χ1v) is 13.4. The minimum absolute atomic E-state index is 0.152. The lowest BCUT2D eigenvalue weighted by atomic mass is 10.2. The predicted molar refractivity (Wildman–Crippen MR) is 152 cm³/mol. The number of rotatable bonds is 23. The molecule has 14 nitrogen and oxygen atoms in total. The molecule has 0 fully saturated rings. The topological polar surface area (TPSA) is 174 Å². The number of anilines is 2. The van der Waals surface area contributed by atoms with E-state index in [1.165, 1.54) is 12.1 Å². The molecule has 0 radical (unpaired) electrons. The predicted octanol–water partition coefficient (Wildman–Crippen LogP) is 4.05. The standard InChI is InChI=1S/C27H38N4O10/c1-2-3-10-28-23-6-4-22(5-7-23)27(32)41-20-19-40-18-17-39-16-15-38-14-13-37-12-11-29-25-9-8-24(30(33)34)21-26(25)31(35)36/h4-9,21,28-29H,2-3,10-20H2,1H3. The maximum absolute atomic E-state index is 12.1. The number of hydrogen-bond acceptors (Lipinski definition) is 12. The van der Waals surface area contributed by atoms with Crippen LogP contribution in [0.25, 0.3) is 0 Å². The zero-order chi connectivity index (χ0) is 29.7. The highest BCUT2D eigenvalue weighted by Crippen LogP contribution is 2.28. The normalized spacial score (nSPS) is 10.8. The Morgan fingerprint density at radius 2 is 1.32 bits per heavy atom. The molecule has 0 aromatic heterocycles. The number of nitrogens with one attached hydrogen (secondary N) is 2. The number of ether oxygens (including phenoxy) is 5. The lowest BCUT2D eigenvalue weighted by Gasteiger charge is -2.09. The van der Waals surface area contributed by atoms with Gasteiger partial charge in [-0.25, -0.2) is 4.79 Å². The monoisotopic (exact) mass is 578 g/mol. The summed E-state index contributed by atoms with van der Waals surface area (Å²) < 4.78 is 26.8. The molecule has 0 aliphatic heterocycles. The molecule has 0 atom stereocenters. The average Bonchev–Trinajstić information content (AvgIpc) is 2.97. The van der Waals surface area contributed by atoms with Crippen LogP contribution in [0.2, 0.25) is 0 Å². The Kier molecular flexibility index (Phi) is 16.3. The van der Waals surface area contributed by atoms with Crippen molar-refractivity contribution >= 4 is 28.7 Å². The molecule has 226 valence electrons. The fraction of sp³-hybridized carbons (Fsp3) is 0.519. The smallest absolute Gasteiger partial charge is 0.338 e. The Labute approximate surface area is 238 Å². The molecule has 0 saturated heterocycles. The van der Waals surface area contributed by atoms with E-state index in [1.807, 2.05) is 12.1 Å². The Hall–Kier alpha value is -3.85. The number of hydrogen-bond donors (Lipinski definition) is 2. The van der Waals surface area contributed by atoms with E-state index in [9.17, 15) is 25.0 Å². The molecule has 2 N–H and O–H groups in total. The SMILES string of the molecule is CCCCNc1ccc(C(=O)OCCOCCOCCOCCOCCNc2ccc([N+](=O)[O-])cc2[N+](=O)[O-])cc1. The van der Waals surface area contributed by atoms with Crippen LogP contribution in [-0.2, 0) is 23.7 Å². The van der Waals surface area contributed by atoms with Gasteiger partial charge in [-0.1, -0.05) is 13.3 Å². The Bertz CT molecular complexity index is 1070. The van der Waals surface area contributed by atoms with Gasteiger partial charge in [0.25, 0.3) is 11.4 Å². The zero-order valence-corrected chi connectivity index (χ0v) is 23.2.